The van der Waals surface area contributed by atoms with Crippen molar-refractivity contribution >= 4 is 22.6 Å². The van der Waals surface area contributed by atoms with Crippen molar-refractivity contribution in [2.45, 2.75) is 19.9 Å². The lowest BCUT2D eigenvalue weighted by molar-refractivity contribution is 0.164. The number of halogens is 1. The van der Waals surface area contributed by atoms with Gasteiger partial charge in [0.15, 0.2) is 0 Å². The van der Waals surface area contributed by atoms with E-state index in [4.69, 9.17) is 16.3 Å². The summed E-state index contributed by atoms with van der Waals surface area (Å²) in [6.45, 7) is 4.63. The maximum absolute atomic E-state index is 11.5. The predicted octanol–water partition coefficient (Wildman–Crippen LogP) is 2.50. The van der Waals surface area contributed by atoms with Gasteiger partial charge in [-0.15, -0.1) is 0 Å². The predicted molar refractivity (Wildman–Crippen MR) is 68.9 cm³/mol. The molecule has 4 nitrogen and oxygen atoms in total. The first kappa shape index (κ1) is 12.2. The molecule has 0 aliphatic rings. The van der Waals surface area contributed by atoms with Gasteiger partial charge in [0.25, 0.3) is 5.56 Å². The molecule has 1 atom stereocenters. The number of ether oxygens (including phenoxy) is 1. The van der Waals surface area contributed by atoms with E-state index < -0.39 is 0 Å². The van der Waals surface area contributed by atoms with Gasteiger partial charge in [0.1, 0.15) is 5.02 Å². The van der Waals surface area contributed by atoms with Gasteiger partial charge in [0, 0.05) is 13.3 Å². The van der Waals surface area contributed by atoms with Crippen molar-refractivity contribution < 1.29 is 4.74 Å². The first-order valence-electron chi connectivity index (χ1n) is 5.43. The van der Waals surface area contributed by atoms with Crippen LogP contribution in [-0.2, 0) is 4.74 Å². The molecular formula is C12H15ClN2O2. The molecule has 5 heteroatoms. The van der Waals surface area contributed by atoms with Gasteiger partial charge in [-0.05, 0) is 25.5 Å². The molecule has 0 bridgehead atoms. The first-order valence-corrected chi connectivity index (χ1v) is 5.81. The lowest BCUT2D eigenvalue weighted by Crippen LogP contribution is -2.11. The highest BCUT2D eigenvalue weighted by Gasteiger charge is 2.13. The summed E-state index contributed by atoms with van der Waals surface area (Å²) >= 11 is 5.86. The second kappa shape index (κ2) is 4.55. The molecule has 0 aliphatic carbocycles. The zero-order chi connectivity index (χ0) is 12.6. The third-order valence-electron chi connectivity index (χ3n) is 2.86. The van der Waals surface area contributed by atoms with Crippen molar-refractivity contribution in [2.24, 2.45) is 0 Å². The topological polar surface area (TPSA) is 47.0 Å². The highest BCUT2D eigenvalue weighted by Crippen LogP contribution is 2.23. The monoisotopic (exact) mass is 254 g/mol. The number of hydrogen-bond acceptors (Lipinski definition) is 2. The Bertz CT molecular complexity index is 600. The molecule has 2 aromatic heterocycles. The summed E-state index contributed by atoms with van der Waals surface area (Å²) in [5.74, 6) is 0. The molecule has 0 fully saturated rings. The smallest absolute Gasteiger partial charge is 0.267 e. The second-order valence-electron chi connectivity index (χ2n) is 4.23. The van der Waals surface area contributed by atoms with Gasteiger partial charge in [-0.2, -0.15) is 0 Å². The average Bonchev–Trinajstić information content (AvgIpc) is 2.58. The third-order valence-corrected chi connectivity index (χ3v) is 3.14. The van der Waals surface area contributed by atoms with E-state index in [0.29, 0.717) is 6.61 Å². The van der Waals surface area contributed by atoms with Crippen molar-refractivity contribution in [3.8, 4) is 0 Å². The summed E-state index contributed by atoms with van der Waals surface area (Å²) in [6, 6.07) is 1.90. The SMILES string of the molecule is COC[C@H](C)n1cc(C)c2[nH]c(=O)c(Cl)cc21. The number of aromatic amines is 1. The molecule has 92 valence electrons. The summed E-state index contributed by atoms with van der Waals surface area (Å²) < 4.78 is 7.21. The zero-order valence-electron chi connectivity index (χ0n) is 10.1. The molecule has 0 aromatic carbocycles. The van der Waals surface area contributed by atoms with Gasteiger partial charge in [-0.1, -0.05) is 11.6 Å². The fourth-order valence-corrected chi connectivity index (χ4v) is 2.18. The van der Waals surface area contributed by atoms with E-state index in [2.05, 4.69) is 16.5 Å². The number of aromatic nitrogens is 2. The normalized spacial score (nSPS) is 13.2. The van der Waals surface area contributed by atoms with E-state index in [0.717, 1.165) is 16.6 Å². The number of pyridine rings is 1. The van der Waals surface area contributed by atoms with Crippen LogP contribution in [-0.4, -0.2) is 23.3 Å². The van der Waals surface area contributed by atoms with Gasteiger partial charge < -0.3 is 14.3 Å². The maximum atomic E-state index is 11.5. The van der Waals surface area contributed by atoms with E-state index in [-0.39, 0.29) is 16.6 Å². The number of methoxy groups -OCH3 is 1. The van der Waals surface area contributed by atoms with Crippen molar-refractivity contribution in [2.75, 3.05) is 13.7 Å². The molecule has 0 saturated carbocycles. The lowest BCUT2D eigenvalue weighted by atomic mass is 10.3. The first-order chi connectivity index (χ1) is 8.04. The van der Waals surface area contributed by atoms with Gasteiger partial charge in [-0.25, -0.2) is 0 Å². The van der Waals surface area contributed by atoms with Crippen LogP contribution in [0, 0.1) is 6.92 Å². The number of nitrogens with one attached hydrogen (secondary N) is 1. The summed E-state index contributed by atoms with van der Waals surface area (Å²) in [5, 5.41) is 0.210. The molecule has 2 aromatic rings. The number of nitrogens with zero attached hydrogens (tertiary/aromatic N) is 1. The number of H-pyrrole nitrogens is 1. The van der Waals surface area contributed by atoms with E-state index >= 15 is 0 Å². The summed E-state index contributed by atoms with van der Waals surface area (Å²) in [6.07, 6.45) is 2.00. The Morgan fingerprint density at radius 3 is 2.94 bits per heavy atom. The van der Waals surface area contributed by atoms with E-state index in [9.17, 15) is 4.79 Å². The minimum Gasteiger partial charge on any atom is -0.383 e. The molecule has 17 heavy (non-hydrogen) atoms. The molecule has 0 spiro atoms. The van der Waals surface area contributed by atoms with Crippen LogP contribution in [0.4, 0.5) is 0 Å². The van der Waals surface area contributed by atoms with Crippen molar-refractivity contribution in [3.63, 3.8) is 0 Å². The zero-order valence-corrected chi connectivity index (χ0v) is 10.8. The summed E-state index contributed by atoms with van der Waals surface area (Å²) in [7, 11) is 1.67. The maximum Gasteiger partial charge on any atom is 0.267 e. The van der Waals surface area contributed by atoms with Gasteiger partial charge in [0.05, 0.1) is 23.7 Å². The van der Waals surface area contributed by atoms with Crippen molar-refractivity contribution in [1.29, 1.82) is 0 Å². The molecule has 1 N–H and O–H groups in total. The molecule has 2 heterocycles. The minimum atomic E-state index is -0.251. The Balaban J connectivity index is 2.65. The highest BCUT2D eigenvalue weighted by molar-refractivity contribution is 6.31. The van der Waals surface area contributed by atoms with Crippen LogP contribution < -0.4 is 5.56 Å². The van der Waals surface area contributed by atoms with Gasteiger partial charge >= 0.3 is 0 Å². The average molecular weight is 255 g/mol. The van der Waals surface area contributed by atoms with Crippen LogP contribution in [0.15, 0.2) is 17.1 Å². The largest absolute Gasteiger partial charge is 0.383 e. The fourth-order valence-electron chi connectivity index (χ4n) is 2.03. The molecule has 0 unspecified atom stereocenters. The molecule has 0 aliphatic heterocycles. The standard InChI is InChI=1S/C12H15ClN2O2/c1-7-5-15(8(2)6-17-3)10-4-9(13)12(16)14-11(7)10/h4-5,8H,6H2,1-3H3,(H,14,16)/t8-/m0/s1. The van der Waals surface area contributed by atoms with E-state index in [1.807, 2.05) is 13.1 Å². The molecule has 0 radical (unpaired) electrons. The quantitative estimate of drug-likeness (QED) is 0.915. The van der Waals surface area contributed by atoms with E-state index in [1.54, 1.807) is 13.2 Å². The van der Waals surface area contributed by atoms with Gasteiger partial charge in [0.2, 0.25) is 0 Å². The van der Waals surface area contributed by atoms with Crippen LogP contribution in [0.25, 0.3) is 11.0 Å². The molecular weight excluding hydrogens is 240 g/mol. The Kier molecular flexibility index (Phi) is 3.26. The molecule has 0 saturated heterocycles. The van der Waals surface area contributed by atoms with Crippen LogP contribution in [0.1, 0.15) is 18.5 Å². The number of fused-ring (bicyclic) bond motifs is 1. The van der Waals surface area contributed by atoms with Crippen LogP contribution in [0.5, 0.6) is 0 Å². The Morgan fingerprint density at radius 1 is 1.59 bits per heavy atom. The second-order valence-corrected chi connectivity index (χ2v) is 4.64. The van der Waals surface area contributed by atoms with Crippen LogP contribution >= 0.6 is 11.6 Å². The Morgan fingerprint density at radius 2 is 2.29 bits per heavy atom. The number of hydrogen-bond donors (Lipinski definition) is 1. The summed E-state index contributed by atoms with van der Waals surface area (Å²) in [5.41, 5.74) is 2.54. The Hall–Kier alpha value is -1.26. The Labute approximate surface area is 104 Å². The third kappa shape index (κ3) is 2.10. The minimum absolute atomic E-state index is 0.193. The molecule has 0 amide bonds. The lowest BCUT2D eigenvalue weighted by Gasteiger charge is -2.13. The van der Waals surface area contributed by atoms with Gasteiger partial charge in [-0.3, -0.25) is 4.79 Å². The fraction of sp³-hybridized carbons (Fsp3) is 0.417. The number of rotatable bonds is 3. The highest BCUT2D eigenvalue weighted by atomic mass is 35.5. The molecule has 2 rings (SSSR count). The van der Waals surface area contributed by atoms with Crippen molar-refractivity contribution in [1.82, 2.24) is 9.55 Å². The van der Waals surface area contributed by atoms with E-state index in [1.165, 1.54) is 0 Å². The summed E-state index contributed by atoms with van der Waals surface area (Å²) in [4.78, 5) is 14.3. The number of aryl methyl sites for hydroxylation is 1. The van der Waals surface area contributed by atoms with Crippen molar-refractivity contribution in [3.05, 3.63) is 33.2 Å². The van der Waals surface area contributed by atoms with Crippen LogP contribution in [0.2, 0.25) is 5.02 Å². The van der Waals surface area contributed by atoms with Crippen LogP contribution in [0.3, 0.4) is 0 Å².